The molecular weight excluding hydrogens is 239 g/mol. The second-order valence-corrected chi connectivity index (χ2v) is 3.17. The molecule has 0 N–H and O–H groups in total. The third kappa shape index (κ3) is 2.40. The molecule has 0 bridgehead atoms. The van der Waals surface area contributed by atoms with E-state index in [1.54, 1.807) is 0 Å². The number of benzene rings is 1. The van der Waals surface area contributed by atoms with Gasteiger partial charge in [-0.2, -0.15) is 22.0 Å². The Morgan fingerprint density at radius 1 is 1.07 bits per heavy atom. The lowest BCUT2D eigenvalue weighted by atomic mass is 10.1. The van der Waals surface area contributed by atoms with Gasteiger partial charge in [0.15, 0.2) is 0 Å². The van der Waals surface area contributed by atoms with E-state index < -0.39 is 17.7 Å². The molecule has 0 aromatic heterocycles. The van der Waals surface area contributed by atoms with Gasteiger partial charge in [-0.25, -0.2) is 0 Å². The summed E-state index contributed by atoms with van der Waals surface area (Å²) in [6.07, 6.45) is -5.59. The van der Waals surface area contributed by atoms with Crippen LogP contribution in [0.4, 0.5) is 22.0 Å². The molecule has 1 rings (SSSR count). The van der Waals surface area contributed by atoms with E-state index in [9.17, 15) is 22.0 Å². The predicted molar refractivity (Wildman–Crippen MR) is 45.9 cm³/mol. The molecule has 0 saturated heterocycles. The van der Waals surface area contributed by atoms with Gasteiger partial charge in [-0.3, -0.25) is 0 Å². The maximum absolute atomic E-state index is 12.8. The van der Waals surface area contributed by atoms with Crippen molar-refractivity contribution < 1.29 is 22.0 Å². The van der Waals surface area contributed by atoms with Crippen LogP contribution in [0, 0.1) is 0 Å². The lowest BCUT2D eigenvalue weighted by Gasteiger charge is -2.20. The zero-order valence-corrected chi connectivity index (χ0v) is 8.04. The van der Waals surface area contributed by atoms with Crippen molar-refractivity contribution in [3.63, 3.8) is 0 Å². The number of hydrogen-bond acceptors (Lipinski definition) is 0. The molecule has 84 valence electrons. The van der Waals surface area contributed by atoms with Crippen LogP contribution in [0.15, 0.2) is 24.3 Å². The van der Waals surface area contributed by atoms with Gasteiger partial charge in [0.25, 0.3) is 0 Å². The van der Waals surface area contributed by atoms with E-state index in [2.05, 4.69) is 0 Å². The summed E-state index contributed by atoms with van der Waals surface area (Å²) in [5.41, 5.74) is -0.869. The van der Waals surface area contributed by atoms with E-state index in [1.165, 1.54) is 6.07 Å². The largest absolute Gasteiger partial charge is 0.458 e. The van der Waals surface area contributed by atoms with Crippen LogP contribution in [0.2, 0.25) is 0 Å². The fourth-order valence-electron chi connectivity index (χ4n) is 1.01. The fraction of sp³-hybridized carbons (Fsp3) is 0.333. The van der Waals surface area contributed by atoms with Gasteiger partial charge in [0.2, 0.25) is 0 Å². The number of rotatable bonds is 2. The Morgan fingerprint density at radius 3 is 2.13 bits per heavy atom. The molecule has 15 heavy (non-hydrogen) atoms. The molecule has 0 amide bonds. The fourth-order valence-corrected chi connectivity index (χ4v) is 1.18. The highest BCUT2D eigenvalue weighted by atomic mass is 35.5. The topological polar surface area (TPSA) is 0 Å². The monoisotopic (exact) mass is 244 g/mol. The van der Waals surface area contributed by atoms with E-state index >= 15 is 0 Å². The van der Waals surface area contributed by atoms with Crippen molar-refractivity contribution in [1.29, 1.82) is 0 Å². The maximum Gasteiger partial charge on any atom is 0.458 e. The molecule has 6 heteroatoms. The summed E-state index contributed by atoms with van der Waals surface area (Å²) in [5, 5.41) is 0. The standard InChI is InChI=1S/C9H6ClF5/c10-5-6-2-1-3-7(4-6)8(11,12)9(13,14)15/h1-4H,5H2. The van der Waals surface area contributed by atoms with E-state index in [-0.39, 0.29) is 11.4 Å². The van der Waals surface area contributed by atoms with Crippen LogP contribution in [-0.4, -0.2) is 6.18 Å². The van der Waals surface area contributed by atoms with Gasteiger partial charge in [0.1, 0.15) is 0 Å². The van der Waals surface area contributed by atoms with Crippen molar-refractivity contribution in [2.45, 2.75) is 18.0 Å². The lowest BCUT2D eigenvalue weighted by Crippen LogP contribution is -2.33. The first-order valence-corrected chi connectivity index (χ1v) is 4.42. The van der Waals surface area contributed by atoms with Crippen LogP contribution >= 0.6 is 11.6 Å². The van der Waals surface area contributed by atoms with E-state index in [4.69, 9.17) is 11.6 Å². The molecule has 0 saturated carbocycles. The molecule has 1 aromatic carbocycles. The first-order valence-electron chi connectivity index (χ1n) is 3.89. The average molecular weight is 245 g/mol. The van der Waals surface area contributed by atoms with E-state index in [0.29, 0.717) is 0 Å². The third-order valence-electron chi connectivity index (χ3n) is 1.80. The number of halogens is 6. The predicted octanol–water partition coefficient (Wildman–Crippen LogP) is 4.08. The van der Waals surface area contributed by atoms with Crippen LogP contribution in [0.3, 0.4) is 0 Å². The molecule has 0 atom stereocenters. The Bertz CT molecular complexity index is 345. The van der Waals surface area contributed by atoms with Gasteiger partial charge < -0.3 is 0 Å². The van der Waals surface area contributed by atoms with Crippen LogP contribution in [-0.2, 0) is 11.8 Å². The first kappa shape index (κ1) is 12.2. The molecule has 0 aliphatic carbocycles. The minimum absolute atomic E-state index is 0.109. The van der Waals surface area contributed by atoms with Crippen LogP contribution in [0.1, 0.15) is 11.1 Å². The minimum Gasteiger partial charge on any atom is -0.191 e. The molecule has 0 fully saturated rings. The van der Waals surface area contributed by atoms with Crippen molar-refractivity contribution in [1.82, 2.24) is 0 Å². The van der Waals surface area contributed by atoms with Gasteiger partial charge in [-0.15, -0.1) is 11.6 Å². The molecule has 0 radical (unpaired) electrons. The Labute approximate surface area is 87.7 Å². The highest BCUT2D eigenvalue weighted by molar-refractivity contribution is 6.17. The number of hydrogen-bond donors (Lipinski definition) is 0. The highest BCUT2D eigenvalue weighted by Crippen LogP contribution is 2.43. The van der Waals surface area contributed by atoms with Crippen LogP contribution < -0.4 is 0 Å². The molecule has 1 aromatic rings. The average Bonchev–Trinajstić information content (AvgIpc) is 2.16. The van der Waals surface area contributed by atoms with E-state index in [0.717, 1.165) is 18.2 Å². The summed E-state index contributed by atoms with van der Waals surface area (Å²) in [7, 11) is 0. The molecule has 0 nitrogen and oxygen atoms in total. The minimum atomic E-state index is -5.59. The van der Waals surface area contributed by atoms with E-state index in [1.807, 2.05) is 0 Å². The maximum atomic E-state index is 12.8. The van der Waals surface area contributed by atoms with Crippen molar-refractivity contribution in [3.8, 4) is 0 Å². The van der Waals surface area contributed by atoms with Gasteiger partial charge in [0.05, 0.1) is 0 Å². The van der Waals surface area contributed by atoms with Crippen LogP contribution in [0.25, 0.3) is 0 Å². The Hall–Kier alpha value is -0.840. The van der Waals surface area contributed by atoms with Crippen molar-refractivity contribution in [2.75, 3.05) is 0 Å². The third-order valence-corrected chi connectivity index (χ3v) is 2.11. The second-order valence-electron chi connectivity index (χ2n) is 2.91. The number of alkyl halides is 6. The van der Waals surface area contributed by atoms with Gasteiger partial charge in [0, 0.05) is 11.4 Å². The normalized spacial score (nSPS) is 12.9. The van der Waals surface area contributed by atoms with Crippen molar-refractivity contribution >= 4 is 11.6 Å². The molecule has 0 heterocycles. The highest BCUT2D eigenvalue weighted by Gasteiger charge is 2.58. The molecule has 0 spiro atoms. The smallest absolute Gasteiger partial charge is 0.191 e. The molecule has 0 aliphatic rings. The molecule has 0 unspecified atom stereocenters. The Morgan fingerprint density at radius 2 is 1.67 bits per heavy atom. The first-order chi connectivity index (χ1) is 6.79. The quantitative estimate of drug-likeness (QED) is 0.543. The summed E-state index contributed by atoms with van der Waals surface area (Å²) in [4.78, 5) is 0. The Balaban J connectivity index is 3.15. The summed E-state index contributed by atoms with van der Waals surface area (Å²) in [5.74, 6) is -4.95. The summed E-state index contributed by atoms with van der Waals surface area (Å²) in [6, 6.07) is 3.97. The zero-order chi connectivity index (χ0) is 11.7. The van der Waals surface area contributed by atoms with Gasteiger partial charge in [-0.1, -0.05) is 18.2 Å². The SMILES string of the molecule is FC(F)(F)C(F)(F)c1cccc(CCl)c1. The van der Waals surface area contributed by atoms with Crippen molar-refractivity contribution in [3.05, 3.63) is 35.4 Å². The second kappa shape index (κ2) is 3.96. The zero-order valence-electron chi connectivity index (χ0n) is 7.28. The van der Waals surface area contributed by atoms with Crippen molar-refractivity contribution in [2.24, 2.45) is 0 Å². The van der Waals surface area contributed by atoms with Gasteiger partial charge in [-0.05, 0) is 11.6 Å². The lowest BCUT2D eigenvalue weighted by molar-refractivity contribution is -0.289. The Kier molecular flexibility index (Phi) is 3.23. The molecule has 0 aliphatic heterocycles. The van der Waals surface area contributed by atoms with Gasteiger partial charge >= 0.3 is 12.1 Å². The summed E-state index contributed by atoms with van der Waals surface area (Å²) >= 11 is 5.34. The summed E-state index contributed by atoms with van der Waals surface area (Å²) in [6.45, 7) is 0. The van der Waals surface area contributed by atoms with Crippen LogP contribution in [0.5, 0.6) is 0 Å². The summed E-state index contributed by atoms with van der Waals surface area (Å²) < 4.78 is 61.5. The molecular formula is C9H6ClF5.